The molecule has 1 amide bonds. The Balaban J connectivity index is 2.49. The van der Waals surface area contributed by atoms with Crippen LogP contribution in [-0.4, -0.2) is 32.9 Å². The Morgan fingerprint density at radius 1 is 1.47 bits per heavy atom. The van der Waals surface area contributed by atoms with E-state index >= 15 is 0 Å². The highest BCUT2D eigenvalue weighted by atomic mass is 19.1. The smallest absolute Gasteiger partial charge is 0.335 e. The van der Waals surface area contributed by atoms with Crippen molar-refractivity contribution in [1.82, 2.24) is 9.88 Å². The zero-order chi connectivity index (χ0) is 14.2. The highest BCUT2D eigenvalue weighted by molar-refractivity contribution is 5.87. The molecule has 19 heavy (non-hydrogen) atoms. The minimum absolute atomic E-state index is 0.0783. The number of carboxylic acid groups (broad SMARTS) is 1. The molecular formula is C13H15FN2O3. The third-order valence-corrected chi connectivity index (χ3v) is 3.38. The molecule has 0 aromatic carbocycles. The number of halogens is 1. The third kappa shape index (κ3) is 2.30. The Bertz CT molecular complexity index is 513. The molecule has 0 aliphatic heterocycles. The van der Waals surface area contributed by atoms with Crippen molar-refractivity contribution < 1.29 is 19.1 Å². The minimum Gasteiger partial charge on any atom is -0.479 e. The van der Waals surface area contributed by atoms with Crippen LogP contribution in [-0.2, 0) is 15.1 Å². The quantitative estimate of drug-likeness (QED) is 0.897. The van der Waals surface area contributed by atoms with Gasteiger partial charge in [-0.2, -0.15) is 0 Å². The summed E-state index contributed by atoms with van der Waals surface area (Å²) in [6.07, 6.45) is 2.52. The maximum Gasteiger partial charge on any atom is 0.335 e. The topological polar surface area (TPSA) is 70.5 Å². The van der Waals surface area contributed by atoms with Crippen molar-refractivity contribution in [3.8, 4) is 0 Å². The first-order chi connectivity index (χ1) is 8.87. The summed E-state index contributed by atoms with van der Waals surface area (Å²) >= 11 is 0. The summed E-state index contributed by atoms with van der Waals surface area (Å²) in [4.78, 5) is 28.6. The minimum atomic E-state index is -1.57. The number of carbonyl (C=O) groups is 2. The molecule has 0 saturated heterocycles. The lowest BCUT2D eigenvalue weighted by atomic mass is 9.94. The summed E-state index contributed by atoms with van der Waals surface area (Å²) in [5.41, 5.74) is -1.41. The van der Waals surface area contributed by atoms with Gasteiger partial charge in [0.25, 0.3) is 0 Å². The monoisotopic (exact) mass is 266 g/mol. The van der Waals surface area contributed by atoms with Crippen LogP contribution in [0.2, 0.25) is 0 Å². The van der Waals surface area contributed by atoms with E-state index in [-0.39, 0.29) is 17.6 Å². The number of amides is 1. The number of aromatic nitrogens is 1. The van der Waals surface area contributed by atoms with Crippen LogP contribution >= 0.6 is 0 Å². The maximum absolute atomic E-state index is 12.9. The van der Waals surface area contributed by atoms with E-state index in [1.54, 1.807) is 0 Å². The first-order valence-corrected chi connectivity index (χ1v) is 6.02. The molecule has 2 rings (SSSR count). The van der Waals surface area contributed by atoms with E-state index in [4.69, 9.17) is 0 Å². The van der Waals surface area contributed by atoms with Crippen LogP contribution < -0.4 is 0 Å². The van der Waals surface area contributed by atoms with Gasteiger partial charge in [0, 0.05) is 13.0 Å². The van der Waals surface area contributed by atoms with Crippen LogP contribution in [0.5, 0.6) is 0 Å². The predicted molar refractivity (Wildman–Crippen MR) is 64.7 cm³/mol. The van der Waals surface area contributed by atoms with Crippen LogP contribution in [0.25, 0.3) is 0 Å². The number of pyridine rings is 1. The molecule has 1 aliphatic carbocycles. The van der Waals surface area contributed by atoms with Gasteiger partial charge >= 0.3 is 5.97 Å². The van der Waals surface area contributed by atoms with Crippen molar-refractivity contribution in [3.63, 3.8) is 0 Å². The second kappa shape index (κ2) is 4.60. The third-order valence-electron chi connectivity index (χ3n) is 3.38. The fraction of sp³-hybridized carbons (Fsp3) is 0.462. The maximum atomic E-state index is 12.9. The SMILES string of the molecule is CC(=O)N(C1CC1)C(C)(C(=O)O)c1ccc(F)cn1. The van der Waals surface area contributed by atoms with Crippen molar-refractivity contribution in [2.75, 3.05) is 0 Å². The Labute approximate surface area is 110 Å². The number of hydrogen-bond donors (Lipinski definition) is 1. The van der Waals surface area contributed by atoms with E-state index in [9.17, 15) is 19.1 Å². The molecule has 1 N–H and O–H groups in total. The van der Waals surface area contributed by atoms with Crippen molar-refractivity contribution in [2.45, 2.75) is 38.3 Å². The Hall–Kier alpha value is -1.98. The second-order valence-electron chi connectivity index (χ2n) is 4.86. The number of nitrogens with zero attached hydrogens (tertiary/aromatic N) is 2. The van der Waals surface area contributed by atoms with Gasteiger partial charge in [-0.05, 0) is 31.9 Å². The average molecular weight is 266 g/mol. The van der Waals surface area contributed by atoms with Crippen LogP contribution in [0.15, 0.2) is 18.3 Å². The molecule has 1 aromatic heterocycles. The fourth-order valence-corrected chi connectivity index (χ4v) is 2.27. The molecule has 0 spiro atoms. The average Bonchev–Trinajstić information content (AvgIpc) is 3.13. The van der Waals surface area contributed by atoms with Gasteiger partial charge < -0.3 is 10.0 Å². The standard InChI is InChI=1S/C13H15FN2O3/c1-8(17)16(10-4-5-10)13(2,12(18)19)11-6-3-9(14)7-15-11/h3,6-7,10H,4-5H2,1-2H3,(H,18,19). The predicted octanol–water partition coefficient (Wildman–Crippen LogP) is 1.53. The van der Waals surface area contributed by atoms with Gasteiger partial charge in [-0.15, -0.1) is 0 Å². The zero-order valence-electron chi connectivity index (χ0n) is 10.8. The summed E-state index contributed by atoms with van der Waals surface area (Å²) in [7, 11) is 0. The van der Waals surface area contributed by atoms with Crippen molar-refractivity contribution in [1.29, 1.82) is 0 Å². The van der Waals surface area contributed by atoms with Crippen LogP contribution in [0, 0.1) is 5.82 Å². The molecule has 0 radical (unpaired) electrons. The molecule has 1 fully saturated rings. The van der Waals surface area contributed by atoms with Crippen molar-refractivity contribution in [2.24, 2.45) is 0 Å². The Kier molecular flexibility index (Phi) is 3.26. The molecule has 102 valence electrons. The summed E-state index contributed by atoms with van der Waals surface area (Å²) in [6.45, 7) is 2.76. The van der Waals surface area contributed by atoms with E-state index in [1.165, 1.54) is 24.8 Å². The molecule has 1 saturated carbocycles. The highest BCUT2D eigenvalue weighted by Gasteiger charge is 2.50. The van der Waals surface area contributed by atoms with Crippen LogP contribution in [0.3, 0.4) is 0 Å². The van der Waals surface area contributed by atoms with Gasteiger partial charge in [0.15, 0.2) is 5.54 Å². The lowest BCUT2D eigenvalue weighted by Crippen LogP contribution is -2.53. The summed E-state index contributed by atoms with van der Waals surface area (Å²) in [5, 5.41) is 9.52. The first kappa shape index (κ1) is 13.5. The molecule has 5 nitrogen and oxygen atoms in total. The van der Waals surface area contributed by atoms with Gasteiger partial charge in [0.1, 0.15) is 5.82 Å². The van der Waals surface area contributed by atoms with Crippen LogP contribution in [0.1, 0.15) is 32.4 Å². The lowest BCUT2D eigenvalue weighted by Gasteiger charge is -2.37. The van der Waals surface area contributed by atoms with Gasteiger partial charge in [-0.1, -0.05) is 0 Å². The normalized spacial score (nSPS) is 17.6. The molecule has 0 bridgehead atoms. The number of aliphatic carboxylic acids is 1. The molecule has 1 atom stereocenters. The number of hydrogen-bond acceptors (Lipinski definition) is 3. The van der Waals surface area contributed by atoms with Gasteiger partial charge in [0.2, 0.25) is 5.91 Å². The summed E-state index contributed by atoms with van der Waals surface area (Å²) < 4.78 is 12.9. The van der Waals surface area contributed by atoms with E-state index in [1.807, 2.05) is 0 Å². The largest absolute Gasteiger partial charge is 0.479 e. The zero-order valence-corrected chi connectivity index (χ0v) is 10.8. The lowest BCUT2D eigenvalue weighted by molar-refractivity contribution is -0.159. The molecular weight excluding hydrogens is 251 g/mol. The highest BCUT2D eigenvalue weighted by Crippen LogP contribution is 2.38. The van der Waals surface area contributed by atoms with Gasteiger partial charge in [-0.25, -0.2) is 9.18 Å². The molecule has 1 aromatic rings. The summed E-state index contributed by atoms with van der Waals surface area (Å²) in [6, 6.07) is 2.38. The number of carbonyl (C=O) groups excluding carboxylic acids is 1. The molecule has 6 heteroatoms. The van der Waals surface area contributed by atoms with Crippen LogP contribution in [0.4, 0.5) is 4.39 Å². The van der Waals surface area contributed by atoms with Gasteiger partial charge in [0.05, 0.1) is 11.9 Å². The van der Waals surface area contributed by atoms with Crippen molar-refractivity contribution >= 4 is 11.9 Å². The van der Waals surface area contributed by atoms with E-state index in [0.29, 0.717) is 0 Å². The molecule has 1 aliphatic rings. The Morgan fingerprint density at radius 2 is 2.11 bits per heavy atom. The van der Waals surface area contributed by atoms with E-state index in [2.05, 4.69) is 4.98 Å². The van der Waals surface area contributed by atoms with Gasteiger partial charge in [-0.3, -0.25) is 9.78 Å². The molecule has 1 unspecified atom stereocenters. The van der Waals surface area contributed by atoms with E-state index < -0.39 is 17.3 Å². The van der Waals surface area contributed by atoms with E-state index in [0.717, 1.165) is 25.1 Å². The second-order valence-corrected chi connectivity index (χ2v) is 4.86. The first-order valence-electron chi connectivity index (χ1n) is 6.02. The fourth-order valence-electron chi connectivity index (χ4n) is 2.27. The van der Waals surface area contributed by atoms with Crippen molar-refractivity contribution in [3.05, 3.63) is 29.8 Å². The number of rotatable bonds is 4. The Morgan fingerprint density at radius 3 is 2.47 bits per heavy atom. The summed E-state index contributed by atoms with van der Waals surface area (Å²) in [5.74, 6) is -2.04. The molecule has 1 heterocycles. The number of carboxylic acids is 1.